The SMILES string of the molecule is O=C(CN1CCOCC1CO)N1CCOCC1. The number of hydrogen-bond donors (Lipinski definition) is 1. The van der Waals surface area contributed by atoms with E-state index in [9.17, 15) is 9.90 Å². The molecule has 2 aliphatic heterocycles. The molecule has 98 valence electrons. The van der Waals surface area contributed by atoms with Gasteiger partial charge in [-0.25, -0.2) is 0 Å². The van der Waals surface area contributed by atoms with Gasteiger partial charge in [0.05, 0.1) is 45.6 Å². The first-order valence-electron chi connectivity index (χ1n) is 6.09. The van der Waals surface area contributed by atoms with Gasteiger partial charge in [0.15, 0.2) is 0 Å². The van der Waals surface area contributed by atoms with Crippen molar-refractivity contribution >= 4 is 5.91 Å². The molecule has 2 fully saturated rings. The zero-order valence-electron chi connectivity index (χ0n) is 10.0. The van der Waals surface area contributed by atoms with Crippen LogP contribution in [0.1, 0.15) is 0 Å². The van der Waals surface area contributed by atoms with Gasteiger partial charge in [-0.1, -0.05) is 0 Å². The summed E-state index contributed by atoms with van der Waals surface area (Å²) in [5.74, 6) is 0.119. The van der Waals surface area contributed by atoms with Crippen LogP contribution in [0.2, 0.25) is 0 Å². The highest BCUT2D eigenvalue weighted by molar-refractivity contribution is 5.78. The maximum Gasteiger partial charge on any atom is 0.236 e. The number of aliphatic hydroxyl groups is 1. The predicted molar refractivity (Wildman–Crippen MR) is 60.7 cm³/mol. The van der Waals surface area contributed by atoms with E-state index < -0.39 is 0 Å². The minimum Gasteiger partial charge on any atom is -0.395 e. The van der Waals surface area contributed by atoms with Crippen molar-refractivity contribution in [3.8, 4) is 0 Å². The fourth-order valence-corrected chi connectivity index (χ4v) is 2.15. The molecule has 2 rings (SSSR count). The Bertz CT molecular complexity index is 256. The molecule has 1 atom stereocenters. The van der Waals surface area contributed by atoms with Gasteiger partial charge in [0.2, 0.25) is 5.91 Å². The second-order valence-corrected chi connectivity index (χ2v) is 4.37. The van der Waals surface area contributed by atoms with Crippen LogP contribution in [0.3, 0.4) is 0 Å². The third-order valence-corrected chi connectivity index (χ3v) is 3.26. The highest BCUT2D eigenvalue weighted by Crippen LogP contribution is 2.07. The van der Waals surface area contributed by atoms with Crippen LogP contribution in [0.25, 0.3) is 0 Å². The van der Waals surface area contributed by atoms with Crippen molar-refractivity contribution in [2.45, 2.75) is 6.04 Å². The number of carbonyl (C=O) groups excluding carboxylic acids is 1. The topological polar surface area (TPSA) is 62.2 Å². The quantitative estimate of drug-likeness (QED) is 0.657. The molecule has 0 radical (unpaired) electrons. The molecule has 0 aromatic rings. The molecule has 1 unspecified atom stereocenters. The number of rotatable bonds is 3. The van der Waals surface area contributed by atoms with E-state index in [-0.39, 0.29) is 18.6 Å². The van der Waals surface area contributed by atoms with Crippen molar-refractivity contribution in [2.24, 2.45) is 0 Å². The second-order valence-electron chi connectivity index (χ2n) is 4.37. The molecule has 0 aromatic carbocycles. The number of amides is 1. The fraction of sp³-hybridized carbons (Fsp3) is 0.909. The number of carbonyl (C=O) groups is 1. The molecule has 6 nitrogen and oxygen atoms in total. The Morgan fingerprint density at radius 3 is 2.59 bits per heavy atom. The Labute approximate surface area is 101 Å². The normalized spacial score (nSPS) is 27.1. The van der Waals surface area contributed by atoms with Gasteiger partial charge >= 0.3 is 0 Å². The minimum absolute atomic E-state index is 0.0381. The van der Waals surface area contributed by atoms with Crippen molar-refractivity contribution in [3.63, 3.8) is 0 Å². The highest BCUT2D eigenvalue weighted by atomic mass is 16.5. The van der Waals surface area contributed by atoms with Gasteiger partial charge < -0.3 is 19.5 Å². The van der Waals surface area contributed by atoms with E-state index in [1.54, 1.807) is 0 Å². The predicted octanol–water partition coefficient (Wildman–Crippen LogP) is -1.46. The molecule has 0 aromatic heterocycles. The summed E-state index contributed by atoms with van der Waals surface area (Å²) in [6.45, 7) is 4.85. The lowest BCUT2D eigenvalue weighted by atomic mass is 10.2. The standard InChI is InChI=1S/C11H20N2O4/c14-8-10-9-17-6-3-13(10)7-11(15)12-1-4-16-5-2-12/h10,14H,1-9H2. The van der Waals surface area contributed by atoms with E-state index in [2.05, 4.69) is 0 Å². The summed E-state index contributed by atoms with van der Waals surface area (Å²) in [6, 6.07) is -0.0475. The summed E-state index contributed by atoms with van der Waals surface area (Å²) in [5.41, 5.74) is 0. The van der Waals surface area contributed by atoms with Gasteiger partial charge in [-0.3, -0.25) is 9.69 Å². The zero-order chi connectivity index (χ0) is 12.1. The van der Waals surface area contributed by atoms with Crippen LogP contribution in [0, 0.1) is 0 Å². The Hall–Kier alpha value is -0.690. The summed E-state index contributed by atoms with van der Waals surface area (Å²) in [5, 5.41) is 9.22. The van der Waals surface area contributed by atoms with Crippen molar-refractivity contribution < 1.29 is 19.4 Å². The van der Waals surface area contributed by atoms with E-state index >= 15 is 0 Å². The van der Waals surface area contributed by atoms with Gasteiger partial charge in [-0.15, -0.1) is 0 Å². The van der Waals surface area contributed by atoms with Crippen LogP contribution >= 0.6 is 0 Å². The van der Waals surface area contributed by atoms with Gasteiger partial charge in [-0.05, 0) is 0 Å². The maximum absolute atomic E-state index is 12.0. The summed E-state index contributed by atoms with van der Waals surface area (Å²) >= 11 is 0. The largest absolute Gasteiger partial charge is 0.395 e. The molecular formula is C11H20N2O4. The summed E-state index contributed by atoms with van der Waals surface area (Å²) in [7, 11) is 0. The number of hydrogen-bond acceptors (Lipinski definition) is 5. The van der Waals surface area contributed by atoms with E-state index in [0.717, 1.165) is 0 Å². The molecule has 0 aliphatic carbocycles. The number of aliphatic hydroxyl groups excluding tert-OH is 1. The molecule has 17 heavy (non-hydrogen) atoms. The maximum atomic E-state index is 12.0. The molecule has 0 bridgehead atoms. The molecule has 2 aliphatic rings. The lowest BCUT2D eigenvalue weighted by Crippen LogP contribution is -2.53. The molecule has 2 saturated heterocycles. The van der Waals surface area contributed by atoms with Crippen LogP contribution in [0.4, 0.5) is 0 Å². The first kappa shape index (κ1) is 12.8. The van der Waals surface area contributed by atoms with E-state index in [1.165, 1.54) is 0 Å². The Morgan fingerprint density at radius 1 is 1.18 bits per heavy atom. The molecular weight excluding hydrogens is 224 g/mol. The monoisotopic (exact) mass is 244 g/mol. The Balaban J connectivity index is 1.83. The fourth-order valence-electron chi connectivity index (χ4n) is 2.15. The first-order chi connectivity index (χ1) is 8.31. The third-order valence-electron chi connectivity index (χ3n) is 3.26. The van der Waals surface area contributed by atoms with Crippen LogP contribution in [-0.4, -0.2) is 86.1 Å². The Morgan fingerprint density at radius 2 is 1.88 bits per heavy atom. The number of ether oxygens (including phenoxy) is 2. The lowest BCUT2D eigenvalue weighted by molar-refractivity contribution is -0.139. The molecule has 0 spiro atoms. The van der Waals surface area contributed by atoms with Crippen molar-refractivity contribution in [1.29, 1.82) is 0 Å². The van der Waals surface area contributed by atoms with Gasteiger partial charge in [0.1, 0.15) is 0 Å². The van der Waals surface area contributed by atoms with Crippen LogP contribution in [-0.2, 0) is 14.3 Å². The molecule has 1 amide bonds. The van der Waals surface area contributed by atoms with Crippen LogP contribution in [0.5, 0.6) is 0 Å². The average molecular weight is 244 g/mol. The molecule has 6 heteroatoms. The molecule has 0 saturated carbocycles. The molecule has 1 N–H and O–H groups in total. The van der Waals surface area contributed by atoms with E-state index in [1.807, 2.05) is 9.80 Å². The smallest absolute Gasteiger partial charge is 0.236 e. The van der Waals surface area contributed by atoms with E-state index in [0.29, 0.717) is 52.6 Å². The lowest BCUT2D eigenvalue weighted by Gasteiger charge is -2.36. The summed E-state index contributed by atoms with van der Waals surface area (Å²) < 4.78 is 10.5. The van der Waals surface area contributed by atoms with E-state index in [4.69, 9.17) is 9.47 Å². The Kier molecular flexibility index (Phi) is 4.73. The number of nitrogens with zero attached hydrogens (tertiary/aromatic N) is 2. The van der Waals surface area contributed by atoms with Crippen LogP contribution in [0.15, 0.2) is 0 Å². The number of morpholine rings is 2. The van der Waals surface area contributed by atoms with Crippen LogP contribution < -0.4 is 0 Å². The highest BCUT2D eigenvalue weighted by Gasteiger charge is 2.26. The third kappa shape index (κ3) is 3.38. The van der Waals surface area contributed by atoms with Crippen molar-refractivity contribution in [2.75, 3.05) is 59.2 Å². The van der Waals surface area contributed by atoms with Gasteiger partial charge in [-0.2, -0.15) is 0 Å². The summed E-state index contributed by atoms with van der Waals surface area (Å²) in [4.78, 5) is 15.9. The average Bonchev–Trinajstić information content (AvgIpc) is 2.40. The first-order valence-corrected chi connectivity index (χ1v) is 6.09. The van der Waals surface area contributed by atoms with Gasteiger partial charge in [0, 0.05) is 19.6 Å². The zero-order valence-corrected chi connectivity index (χ0v) is 10.0. The van der Waals surface area contributed by atoms with Gasteiger partial charge in [0.25, 0.3) is 0 Å². The van der Waals surface area contributed by atoms with Crippen molar-refractivity contribution in [1.82, 2.24) is 9.80 Å². The minimum atomic E-state index is -0.0475. The molecule has 2 heterocycles. The van der Waals surface area contributed by atoms with Crippen molar-refractivity contribution in [3.05, 3.63) is 0 Å². The summed E-state index contributed by atoms with van der Waals surface area (Å²) in [6.07, 6.45) is 0. The second kappa shape index (κ2) is 6.30.